The molecule has 0 spiro atoms. The summed E-state index contributed by atoms with van der Waals surface area (Å²) in [6.45, 7) is 4.11. The molecule has 1 aromatic carbocycles. The molecule has 0 atom stereocenters. The fourth-order valence-electron chi connectivity index (χ4n) is 2.47. The summed E-state index contributed by atoms with van der Waals surface area (Å²) in [5.41, 5.74) is 4.00. The molecule has 3 nitrogen and oxygen atoms in total. The summed E-state index contributed by atoms with van der Waals surface area (Å²) >= 11 is 11.9. The van der Waals surface area contributed by atoms with E-state index in [2.05, 4.69) is 34.5 Å². The Hall–Kier alpha value is -2.10. The number of pyridine rings is 1. The Kier molecular flexibility index (Phi) is 4.51. The molecule has 0 N–H and O–H groups in total. The molecular weight excluding hydrogens is 329 g/mol. The number of aryl methyl sites for hydroxylation is 1. The van der Waals surface area contributed by atoms with Crippen LogP contribution in [0.5, 0.6) is 0 Å². The summed E-state index contributed by atoms with van der Waals surface area (Å²) in [6, 6.07) is 13.3. The first-order valence-corrected chi connectivity index (χ1v) is 7.91. The van der Waals surface area contributed by atoms with Crippen LogP contribution in [0.1, 0.15) is 17.0 Å². The smallest absolute Gasteiger partial charge is 0.136 e. The standard InChI is InChI=1S/C18H15Cl2N3/c1-12-9-14(11-22-15-6-7-16(19)17(20)10-15)13(2)23(12)18-5-3-4-8-21-18/h3-11H,1-2H3. The van der Waals surface area contributed by atoms with E-state index in [-0.39, 0.29) is 0 Å². The fourth-order valence-corrected chi connectivity index (χ4v) is 2.76. The van der Waals surface area contributed by atoms with Crippen molar-refractivity contribution in [2.75, 3.05) is 0 Å². The van der Waals surface area contributed by atoms with Crippen molar-refractivity contribution in [1.82, 2.24) is 9.55 Å². The molecule has 2 aromatic heterocycles. The van der Waals surface area contributed by atoms with Crippen LogP contribution < -0.4 is 0 Å². The summed E-state index contributed by atoms with van der Waals surface area (Å²) in [4.78, 5) is 8.90. The molecule has 0 aliphatic rings. The number of hydrogen-bond donors (Lipinski definition) is 0. The lowest BCUT2D eigenvalue weighted by molar-refractivity contribution is 0.921. The molecule has 0 fully saturated rings. The first-order chi connectivity index (χ1) is 11.1. The number of aliphatic imine (C=N–C) groups is 1. The quantitative estimate of drug-likeness (QED) is 0.573. The summed E-state index contributed by atoms with van der Waals surface area (Å²) in [5, 5.41) is 1.03. The third kappa shape index (κ3) is 3.31. The van der Waals surface area contributed by atoms with E-state index in [9.17, 15) is 0 Å². The second-order valence-corrected chi connectivity index (χ2v) is 6.02. The highest BCUT2D eigenvalue weighted by atomic mass is 35.5. The first kappa shape index (κ1) is 15.8. The van der Waals surface area contributed by atoms with Crippen LogP contribution >= 0.6 is 23.2 Å². The van der Waals surface area contributed by atoms with Gasteiger partial charge < -0.3 is 4.57 Å². The molecule has 0 amide bonds. The highest BCUT2D eigenvalue weighted by Gasteiger charge is 2.09. The Bertz CT molecular complexity index is 867. The molecule has 116 valence electrons. The minimum Gasteiger partial charge on any atom is -0.303 e. The topological polar surface area (TPSA) is 30.2 Å². The lowest BCUT2D eigenvalue weighted by atomic mass is 10.2. The van der Waals surface area contributed by atoms with Gasteiger partial charge in [-0.3, -0.25) is 4.99 Å². The molecule has 0 aliphatic carbocycles. The maximum Gasteiger partial charge on any atom is 0.136 e. The highest BCUT2D eigenvalue weighted by Crippen LogP contribution is 2.27. The molecule has 3 aromatic rings. The maximum atomic E-state index is 6.02. The largest absolute Gasteiger partial charge is 0.303 e. The van der Waals surface area contributed by atoms with Gasteiger partial charge in [-0.1, -0.05) is 29.3 Å². The predicted octanol–water partition coefficient (Wildman–Crippen LogP) is 5.55. The second kappa shape index (κ2) is 6.57. The molecular formula is C18H15Cl2N3. The van der Waals surface area contributed by atoms with E-state index in [4.69, 9.17) is 23.2 Å². The van der Waals surface area contributed by atoms with Gasteiger partial charge in [-0.15, -0.1) is 0 Å². The number of halogens is 2. The van der Waals surface area contributed by atoms with Crippen molar-refractivity contribution < 1.29 is 0 Å². The van der Waals surface area contributed by atoms with Gasteiger partial charge >= 0.3 is 0 Å². The zero-order valence-electron chi connectivity index (χ0n) is 12.8. The van der Waals surface area contributed by atoms with E-state index in [1.807, 2.05) is 30.5 Å². The van der Waals surface area contributed by atoms with E-state index in [0.717, 1.165) is 28.5 Å². The average molecular weight is 344 g/mol. The molecule has 0 aliphatic heterocycles. The number of benzene rings is 1. The maximum absolute atomic E-state index is 6.02. The third-order valence-electron chi connectivity index (χ3n) is 3.60. The van der Waals surface area contributed by atoms with Crippen molar-refractivity contribution in [3.05, 3.63) is 75.7 Å². The van der Waals surface area contributed by atoms with Crippen LogP contribution in [0.15, 0.2) is 53.7 Å². The van der Waals surface area contributed by atoms with E-state index < -0.39 is 0 Å². The average Bonchev–Trinajstić information content (AvgIpc) is 2.83. The Morgan fingerprint density at radius 3 is 2.57 bits per heavy atom. The van der Waals surface area contributed by atoms with Gasteiger partial charge in [0, 0.05) is 29.4 Å². The number of hydrogen-bond acceptors (Lipinski definition) is 2. The molecule has 0 unspecified atom stereocenters. The van der Waals surface area contributed by atoms with Crippen molar-refractivity contribution >= 4 is 35.1 Å². The van der Waals surface area contributed by atoms with Crippen molar-refractivity contribution in [3.8, 4) is 5.82 Å². The van der Waals surface area contributed by atoms with Crippen LogP contribution in [0, 0.1) is 13.8 Å². The Morgan fingerprint density at radius 1 is 1.04 bits per heavy atom. The summed E-state index contributed by atoms with van der Waals surface area (Å²) in [6.07, 6.45) is 3.62. The van der Waals surface area contributed by atoms with Gasteiger partial charge in [-0.05, 0) is 50.2 Å². The lowest BCUT2D eigenvalue weighted by Crippen LogP contribution is -2.01. The van der Waals surface area contributed by atoms with E-state index >= 15 is 0 Å². The molecule has 2 heterocycles. The normalized spacial score (nSPS) is 11.3. The van der Waals surface area contributed by atoms with Crippen LogP contribution in [-0.4, -0.2) is 15.8 Å². The minimum absolute atomic E-state index is 0.500. The third-order valence-corrected chi connectivity index (χ3v) is 4.34. The molecule has 0 saturated heterocycles. The number of aromatic nitrogens is 2. The Morgan fingerprint density at radius 2 is 1.87 bits per heavy atom. The van der Waals surface area contributed by atoms with Crippen LogP contribution in [0.4, 0.5) is 5.69 Å². The molecule has 0 bridgehead atoms. The van der Waals surface area contributed by atoms with Crippen molar-refractivity contribution in [1.29, 1.82) is 0 Å². The SMILES string of the molecule is Cc1cc(C=Nc2ccc(Cl)c(Cl)c2)c(C)n1-c1ccccn1. The monoisotopic (exact) mass is 343 g/mol. The van der Waals surface area contributed by atoms with Gasteiger partial charge in [-0.2, -0.15) is 0 Å². The highest BCUT2D eigenvalue weighted by molar-refractivity contribution is 6.42. The molecule has 5 heteroatoms. The zero-order valence-corrected chi connectivity index (χ0v) is 14.3. The summed E-state index contributed by atoms with van der Waals surface area (Å²) < 4.78 is 2.11. The molecule has 3 rings (SSSR count). The van der Waals surface area contributed by atoms with Crippen LogP contribution in [-0.2, 0) is 0 Å². The van der Waals surface area contributed by atoms with Crippen LogP contribution in [0.25, 0.3) is 5.82 Å². The van der Waals surface area contributed by atoms with Crippen molar-refractivity contribution in [2.45, 2.75) is 13.8 Å². The first-order valence-electron chi connectivity index (χ1n) is 7.16. The van der Waals surface area contributed by atoms with Gasteiger partial charge in [0.15, 0.2) is 0 Å². The van der Waals surface area contributed by atoms with Gasteiger partial charge in [0.05, 0.1) is 15.7 Å². The Balaban J connectivity index is 1.95. The van der Waals surface area contributed by atoms with Gasteiger partial charge in [0.1, 0.15) is 5.82 Å². The van der Waals surface area contributed by atoms with E-state index in [1.54, 1.807) is 18.3 Å². The second-order valence-electron chi connectivity index (χ2n) is 5.21. The predicted molar refractivity (Wildman–Crippen MR) is 96.8 cm³/mol. The van der Waals surface area contributed by atoms with Gasteiger partial charge in [0.2, 0.25) is 0 Å². The van der Waals surface area contributed by atoms with Gasteiger partial charge in [-0.25, -0.2) is 4.98 Å². The molecule has 0 saturated carbocycles. The van der Waals surface area contributed by atoms with Gasteiger partial charge in [0.25, 0.3) is 0 Å². The molecule has 23 heavy (non-hydrogen) atoms. The summed E-state index contributed by atoms with van der Waals surface area (Å²) in [5.74, 6) is 0.900. The fraction of sp³-hybridized carbons (Fsp3) is 0.111. The molecule has 0 radical (unpaired) electrons. The summed E-state index contributed by atoms with van der Waals surface area (Å²) in [7, 11) is 0. The van der Waals surface area contributed by atoms with E-state index in [0.29, 0.717) is 10.0 Å². The number of nitrogens with zero attached hydrogens (tertiary/aromatic N) is 3. The van der Waals surface area contributed by atoms with Crippen molar-refractivity contribution in [2.24, 2.45) is 4.99 Å². The van der Waals surface area contributed by atoms with E-state index in [1.165, 1.54) is 0 Å². The Labute approximate surface area is 145 Å². The minimum atomic E-state index is 0.500. The lowest BCUT2D eigenvalue weighted by Gasteiger charge is -2.07. The zero-order chi connectivity index (χ0) is 16.4. The number of rotatable bonds is 3. The van der Waals surface area contributed by atoms with Crippen LogP contribution in [0.3, 0.4) is 0 Å². The van der Waals surface area contributed by atoms with Crippen LogP contribution in [0.2, 0.25) is 10.0 Å². The van der Waals surface area contributed by atoms with Crippen molar-refractivity contribution in [3.63, 3.8) is 0 Å².